The van der Waals surface area contributed by atoms with Gasteiger partial charge in [-0.25, -0.2) is 12.8 Å². The number of carbonyl (C=O) groups excluding carboxylic acids is 1. The third-order valence-electron chi connectivity index (χ3n) is 3.60. The number of hydrogen-bond donors (Lipinski definition) is 0. The Balaban J connectivity index is 2.05. The number of methoxy groups -OCH3 is 1. The summed E-state index contributed by atoms with van der Waals surface area (Å²) in [6.07, 6.45) is 1.49. The number of esters is 1. The molecular formula is C14H16ClFO4S. The molecule has 0 radical (unpaired) electrons. The second-order valence-corrected chi connectivity index (χ2v) is 8.01. The molecule has 0 bridgehead atoms. The lowest BCUT2D eigenvalue weighted by atomic mass is 10.1. The molecule has 21 heavy (non-hydrogen) atoms. The summed E-state index contributed by atoms with van der Waals surface area (Å²) in [5.74, 6) is -1.39. The molecule has 1 aliphatic carbocycles. The molecule has 0 aromatic heterocycles. The molecule has 0 saturated heterocycles. The maximum atomic E-state index is 13.3. The van der Waals surface area contributed by atoms with Gasteiger partial charge in [-0.2, -0.15) is 0 Å². The third kappa shape index (κ3) is 4.41. The van der Waals surface area contributed by atoms with Gasteiger partial charge in [0.05, 0.1) is 30.1 Å². The first kappa shape index (κ1) is 16.2. The van der Waals surface area contributed by atoms with Crippen LogP contribution in [0, 0.1) is 11.2 Å². The predicted molar refractivity (Wildman–Crippen MR) is 77.2 cm³/mol. The molecular weight excluding hydrogens is 319 g/mol. The monoisotopic (exact) mass is 334 g/mol. The first-order valence-electron chi connectivity index (χ1n) is 6.46. The molecule has 0 amide bonds. The summed E-state index contributed by atoms with van der Waals surface area (Å²) >= 11 is 5.57. The molecule has 0 atom stereocenters. The van der Waals surface area contributed by atoms with Crippen LogP contribution in [0.15, 0.2) is 18.2 Å². The van der Waals surface area contributed by atoms with Crippen molar-refractivity contribution in [3.8, 4) is 0 Å². The summed E-state index contributed by atoms with van der Waals surface area (Å²) in [6, 6.07) is 3.95. The van der Waals surface area contributed by atoms with Crippen molar-refractivity contribution in [2.24, 2.45) is 5.41 Å². The summed E-state index contributed by atoms with van der Waals surface area (Å²) < 4.78 is 42.4. The van der Waals surface area contributed by atoms with E-state index >= 15 is 0 Å². The number of halogens is 2. The van der Waals surface area contributed by atoms with E-state index in [1.54, 1.807) is 0 Å². The van der Waals surface area contributed by atoms with Gasteiger partial charge in [-0.3, -0.25) is 4.79 Å². The van der Waals surface area contributed by atoms with Crippen molar-refractivity contribution in [1.82, 2.24) is 0 Å². The fraction of sp³-hybridized carbons (Fsp3) is 0.500. The van der Waals surface area contributed by atoms with E-state index < -0.39 is 27.0 Å². The van der Waals surface area contributed by atoms with E-state index in [0.717, 1.165) is 6.07 Å². The van der Waals surface area contributed by atoms with E-state index in [2.05, 4.69) is 4.74 Å². The van der Waals surface area contributed by atoms with Crippen molar-refractivity contribution >= 4 is 27.4 Å². The Morgan fingerprint density at radius 1 is 1.43 bits per heavy atom. The summed E-state index contributed by atoms with van der Waals surface area (Å²) in [4.78, 5) is 11.3. The van der Waals surface area contributed by atoms with Crippen molar-refractivity contribution in [2.75, 3.05) is 12.9 Å². The zero-order chi connectivity index (χ0) is 15.7. The van der Waals surface area contributed by atoms with Crippen LogP contribution in [-0.2, 0) is 25.1 Å². The Kier molecular flexibility index (Phi) is 4.58. The highest BCUT2D eigenvalue weighted by atomic mass is 35.5. The molecule has 0 N–H and O–H groups in total. The van der Waals surface area contributed by atoms with Crippen LogP contribution in [0.25, 0.3) is 0 Å². The molecule has 1 aromatic carbocycles. The molecule has 1 aromatic rings. The number of hydrogen-bond acceptors (Lipinski definition) is 4. The van der Waals surface area contributed by atoms with E-state index in [1.165, 1.54) is 19.2 Å². The molecule has 1 saturated carbocycles. The molecule has 1 fully saturated rings. The van der Waals surface area contributed by atoms with E-state index in [4.69, 9.17) is 11.6 Å². The molecule has 1 aliphatic rings. The number of benzene rings is 1. The Hall–Kier alpha value is -1.14. The lowest BCUT2D eigenvalue weighted by molar-refractivity contribution is -0.141. The fourth-order valence-electron chi connectivity index (χ4n) is 2.33. The van der Waals surface area contributed by atoms with E-state index in [-0.39, 0.29) is 22.9 Å². The smallest absolute Gasteiger partial charge is 0.306 e. The predicted octanol–water partition coefficient (Wildman–Crippen LogP) is 2.74. The third-order valence-corrected chi connectivity index (χ3v) is 5.73. The van der Waals surface area contributed by atoms with E-state index in [0.29, 0.717) is 18.4 Å². The Morgan fingerprint density at radius 2 is 2.10 bits per heavy atom. The second-order valence-electron chi connectivity index (χ2n) is 5.53. The van der Waals surface area contributed by atoms with Gasteiger partial charge in [0.15, 0.2) is 9.84 Å². The number of sulfone groups is 1. The highest BCUT2D eigenvalue weighted by Crippen LogP contribution is 2.50. The fourth-order valence-corrected chi connectivity index (χ4v) is 4.56. The summed E-state index contributed by atoms with van der Waals surface area (Å²) in [5, 5.41) is -0.0412. The molecule has 0 aliphatic heterocycles. The van der Waals surface area contributed by atoms with Crippen molar-refractivity contribution < 1.29 is 22.3 Å². The van der Waals surface area contributed by atoms with Crippen molar-refractivity contribution in [3.05, 3.63) is 34.6 Å². The molecule has 4 nitrogen and oxygen atoms in total. The van der Waals surface area contributed by atoms with Gasteiger partial charge in [0.25, 0.3) is 0 Å². The van der Waals surface area contributed by atoms with Crippen LogP contribution in [0.3, 0.4) is 0 Å². The van der Waals surface area contributed by atoms with Crippen molar-refractivity contribution in [3.63, 3.8) is 0 Å². The number of rotatable bonds is 6. The molecule has 7 heteroatoms. The normalized spacial score (nSPS) is 16.5. The van der Waals surface area contributed by atoms with Crippen molar-refractivity contribution in [2.45, 2.75) is 25.0 Å². The minimum atomic E-state index is -3.43. The van der Waals surface area contributed by atoms with Crippen LogP contribution in [0.5, 0.6) is 0 Å². The van der Waals surface area contributed by atoms with Gasteiger partial charge in [0.2, 0.25) is 0 Å². The zero-order valence-corrected chi connectivity index (χ0v) is 13.1. The molecule has 116 valence electrons. The second kappa shape index (κ2) is 5.93. The summed E-state index contributed by atoms with van der Waals surface area (Å²) in [7, 11) is -2.15. The maximum absolute atomic E-state index is 13.3. The average molecular weight is 335 g/mol. The zero-order valence-electron chi connectivity index (χ0n) is 11.6. The first-order chi connectivity index (χ1) is 9.75. The number of carbonyl (C=O) groups is 1. The van der Waals surface area contributed by atoms with E-state index in [9.17, 15) is 17.6 Å². The summed E-state index contributed by atoms with van der Waals surface area (Å²) in [5.41, 5.74) is -0.151. The van der Waals surface area contributed by atoms with Crippen LogP contribution >= 0.6 is 11.6 Å². The molecule has 0 heterocycles. The van der Waals surface area contributed by atoms with Gasteiger partial charge in [-0.15, -0.1) is 0 Å². The maximum Gasteiger partial charge on any atom is 0.306 e. The van der Waals surface area contributed by atoms with Gasteiger partial charge in [-0.1, -0.05) is 17.7 Å². The Bertz CT molecular complexity index is 653. The highest BCUT2D eigenvalue weighted by molar-refractivity contribution is 7.90. The van der Waals surface area contributed by atoms with Gasteiger partial charge in [0.1, 0.15) is 5.82 Å². The number of ether oxygens (including phenoxy) is 1. The standard InChI is InChI=1S/C14H16ClFO4S/c1-20-13(17)7-14(4-5-14)9-21(18,19)8-10-2-3-11(15)12(16)6-10/h2-3,6H,4-5,7-9H2,1H3. The van der Waals surface area contributed by atoms with E-state index in [1.807, 2.05) is 0 Å². The average Bonchev–Trinajstić information content (AvgIpc) is 3.11. The van der Waals surface area contributed by atoms with Crippen LogP contribution in [-0.4, -0.2) is 27.2 Å². The molecule has 2 rings (SSSR count). The SMILES string of the molecule is COC(=O)CC1(CS(=O)(=O)Cc2ccc(Cl)c(F)c2)CC1. The summed E-state index contributed by atoms with van der Waals surface area (Å²) in [6.45, 7) is 0. The van der Waals surface area contributed by atoms with Gasteiger partial charge >= 0.3 is 5.97 Å². The molecule has 0 spiro atoms. The minimum Gasteiger partial charge on any atom is -0.469 e. The van der Waals surface area contributed by atoms with Crippen molar-refractivity contribution in [1.29, 1.82) is 0 Å². The molecule has 0 unspecified atom stereocenters. The minimum absolute atomic E-state index is 0.0412. The highest BCUT2D eigenvalue weighted by Gasteiger charge is 2.47. The van der Waals surface area contributed by atoms with Crippen LogP contribution in [0.2, 0.25) is 5.02 Å². The largest absolute Gasteiger partial charge is 0.469 e. The Morgan fingerprint density at radius 3 is 2.62 bits per heavy atom. The van der Waals surface area contributed by atoms with Crippen LogP contribution < -0.4 is 0 Å². The Labute approximate surface area is 128 Å². The van der Waals surface area contributed by atoms with Crippen LogP contribution in [0.4, 0.5) is 4.39 Å². The van der Waals surface area contributed by atoms with Crippen LogP contribution in [0.1, 0.15) is 24.8 Å². The first-order valence-corrected chi connectivity index (χ1v) is 8.66. The lowest BCUT2D eigenvalue weighted by Gasteiger charge is -2.14. The lowest BCUT2D eigenvalue weighted by Crippen LogP contribution is -2.22. The van der Waals surface area contributed by atoms with Gasteiger partial charge < -0.3 is 4.74 Å². The van der Waals surface area contributed by atoms with Gasteiger partial charge in [-0.05, 0) is 36.0 Å². The van der Waals surface area contributed by atoms with Gasteiger partial charge in [0, 0.05) is 0 Å². The quantitative estimate of drug-likeness (QED) is 0.750. The topological polar surface area (TPSA) is 60.4 Å².